The van der Waals surface area contributed by atoms with Gasteiger partial charge in [0.25, 0.3) is 0 Å². The molecule has 0 heterocycles. The Morgan fingerprint density at radius 1 is 1.00 bits per heavy atom. The van der Waals surface area contributed by atoms with E-state index in [9.17, 15) is 30.7 Å². The number of hydrazone groups is 1. The van der Waals surface area contributed by atoms with Crippen LogP contribution in [-0.2, 0) is 0 Å². The molecule has 27 heavy (non-hydrogen) atoms. The number of nitriles is 2. The highest BCUT2D eigenvalue weighted by molar-refractivity contribution is 6.10. The molecule has 1 aromatic rings. The lowest BCUT2D eigenvalue weighted by Gasteiger charge is -2.17. The Bertz CT molecular complexity index is 750. The normalized spacial score (nSPS) is 11.3. The molecule has 0 fully saturated rings. The lowest BCUT2D eigenvalue weighted by molar-refractivity contribution is -0.153. The van der Waals surface area contributed by atoms with E-state index in [1.165, 1.54) is 12.1 Å². The van der Waals surface area contributed by atoms with Gasteiger partial charge in [0.05, 0.1) is 5.69 Å². The Balaban J connectivity index is 3.06. The highest BCUT2D eigenvalue weighted by Crippen LogP contribution is 2.30. The third-order valence-electron chi connectivity index (χ3n) is 2.54. The number of nitrogens with zero attached hydrogens (tertiary/aromatic N) is 3. The first kappa shape index (κ1) is 21.8. The molecule has 0 aliphatic heterocycles. The molecule has 1 aromatic carbocycles. The fourth-order valence-electron chi connectivity index (χ4n) is 1.41. The fourth-order valence-corrected chi connectivity index (χ4v) is 1.41. The zero-order chi connectivity index (χ0) is 20.7. The van der Waals surface area contributed by atoms with E-state index in [1.54, 1.807) is 0 Å². The predicted molar refractivity (Wildman–Crippen MR) is 76.7 cm³/mol. The molecule has 0 amide bonds. The van der Waals surface area contributed by atoms with Crippen LogP contribution in [-0.4, -0.2) is 37.4 Å². The summed E-state index contributed by atoms with van der Waals surface area (Å²) in [5.41, 5.74) is 1.25. The molecule has 0 saturated heterocycles. The molecule has 0 aliphatic rings. The van der Waals surface area contributed by atoms with E-state index < -0.39 is 48.9 Å². The first-order chi connectivity index (χ1) is 12.5. The third kappa shape index (κ3) is 7.68. The van der Waals surface area contributed by atoms with Gasteiger partial charge in [-0.05, 0) is 0 Å². The maximum absolute atomic E-state index is 12.9. The number of benzene rings is 1. The number of hydrogen-bond donors (Lipinski definition) is 1. The summed E-state index contributed by atoms with van der Waals surface area (Å²) >= 11 is 0. The molecule has 0 radical (unpaired) electrons. The average molecular weight is 398 g/mol. The van der Waals surface area contributed by atoms with Gasteiger partial charge in [0, 0.05) is 18.2 Å². The Morgan fingerprint density at radius 3 is 1.96 bits per heavy atom. The van der Waals surface area contributed by atoms with Gasteiger partial charge in [0.2, 0.25) is 5.71 Å². The molecule has 0 aromatic heterocycles. The van der Waals surface area contributed by atoms with Gasteiger partial charge in [0.15, 0.2) is 13.2 Å². The molecular weight excluding hydrogens is 389 g/mol. The van der Waals surface area contributed by atoms with Crippen molar-refractivity contribution in [3.8, 4) is 23.6 Å². The van der Waals surface area contributed by atoms with Crippen LogP contribution in [0.4, 0.5) is 36.4 Å². The van der Waals surface area contributed by atoms with E-state index in [1.807, 2.05) is 0 Å². The van der Waals surface area contributed by atoms with Crippen molar-refractivity contribution in [2.45, 2.75) is 18.5 Å². The van der Waals surface area contributed by atoms with E-state index in [0.717, 1.165) is 18.2 Å². The van der Waals surface area contributed by atoms with Gasteiger partial charge in [-0.3, -0.25) is 5.43 Å². The lowest BCUT2D eigenvalue weighted by atomic mass is 10.3. The van der Waals surface area contributed by atoms with Crippen LogP contribution in [0.5, 0.6) is 11.5 Å². The second-order valence-electron chi connectivity index (χ2n) is 4.74. The highest BCUT2D eigenvalue weighted by Gasteiger charge is 2.41. The minimum absolute atomic E-state index is 0.215. The van der Waals surface area contributed by atoms with E-state index >= 15 is 0 Å². The van der Waals surface area contributed by atoms with Gasteiger partial charge >= 0.3 is 18.5 Å². The zero-order valence-electron chi connectivity index (χ0n) is 13.0. The molecule has 0 bridgehead atoms. The molecule has 0 atom stereocenters. The molecule has 0 spiro atoms. The van der Waals surface area contributed by atoms with Gasteiger partial charge in [-0.1, -0.05) is 0 Å². The maximum Gasteiger partial charge on any atom is 0.422 e. The molecule has 1 rings (SSSR count). The molecule has 1 N–H and O–H groups in total. The number of nitrogens with one attached hydrogen (secondary N) is 1. The minimum atomic E-state index is -4.71. The van der Waals surface area contributed by atoms with Crippen molar-refractivity contribution in [3.05, 3.63) is 18.2 Å². The number of hydrogen-bond acceptors (Lipinski definition) is 6. The van der Waals surface area contributed by atoms with Crippen molar-refractivity contribution in [3.63, 3.8) is 0 Å². The summed E-state index contributed by atoms with van der Waals surface area (Å²) in [6.07, 6.45) is -8.72. The first-order valence-corrected chi connectivity index (χ1v) is 6.74. The maximum atomic E-state index is 12.9. The number of rotatable bonds is 8. The summed E-state index contributed by atoms with van der Waals surface area (Å²) in [5.74, 6) is -5.55. The van der Waals surface area contributed by atoms with Crippen LogP contribution < -0.4 is 14.9 Å². The number of halogens is 7. The van der Waals surface area contributed by atoms with Crippen molar-refractivity contribution >= 4 is 11.4 Å². The highest BCUT2D eigenvalue weighted by atomic mass is 19.4. The molecule has 0 saturated carbocycles. The van der Waals surface area contributed by atoms with Crippen molar-refractivity contribution in [2.24, 2.45) is 5.10 Å². The quantitative estimate of drug-likeness (QED) is 0.410. The summed E-state index contributed by atoms with van der Waals surface area (Å²) < 4.78 is 95.7. The Labute approximate surface area is 147 Å². The molecule has 13 heteroatoms. The minimum Gasteiger partial charge on any atom is -0.487 e. The molecular formula is C14H9F7N4O2. The van der Waals surface area contributed by atoms with Crippen LogP contribution in [0.25, 0.3) is 0 Å². The predicted octanol–water partition coefficient (Wildman–Crippen LogP) is 3.72. The first-order valence-electron chi connectivity index (χ1n) is 6.74. The number of anilines is 1. The van der Waals surface area contributed by atoms with Crippen LogP contribution in [0, 0.1) is 22.7 Å². The molecule has 0 unspecified atom stereocenters. The van der Waals surface area contributed by atoms with E-state index in [2.05, 4.69) is 20.0 Å². The van der Waals surface area contributed by atoms with Gasteiger partial charge in [-0.15, -0.1) is 0 Å². The van der Waals surface area contributed by atoms with E-state index in [4.69, 9.17) is 10.5 Å². The van der Waals surface area contributed by atoms with Crippen molar-refractivity contribution < 1.29 is 40.2 Å². The smallest absolute Gasteiger partial charge is 0.422 e. The van der Waals surface area contributed by atoms with Gasteiger partial charge in [-0.2, -0.15) is 37.6 Å². The van der Waals surface area contributed by atoms with Crippen molar-refractivity contribution in [1.82, 2.24) is 0 Å². The zero-order valence-corrected chi connectivity index (χ0v) is 13.0. The second-order valence-corrected chi connectivity index (χ2v) is 4.74. The topological polar surface area (TPSA) is 90.4 Å². The second kappa shape index (κ2) is 8.93. The van der Waals surface area contributed by atoms with Crippen LogP contribution in [0.15, 0.2) is 23.3 Å². The van der Waals surface area contributed by atoms with E-state index in [0.29, 0.717) is 0 Å². The van der Waals surface area contributed by atoms with Crippen LogP contribution >= 0.6 is 0 Å². The lowest BCUT2D eigenvalue weighted by Crippen LogP contribution is -2.33. The SMILES string of the molecule is N#CC(C#N)=NNc1cc(OCC(F)(F)F)cc(OCC(F)(F)C(F)F)c1. The average Bonchev–Trinajstić information content (AvgIpc) is 2.58. The van der Waals surface area contributed by atoms with Crippen molar-refractivity contribution in [1.29, 1.82) is 10.5 Å². The van der Waals surface area contributed by atoms with Gasteiger partial charge in [-0.25, -0.2) is 8.78 Å². The van der Waals surface area contributed by atoms with E-state index in [-0.39, 0.29) is 5.69 Å². The largest absolute Gasteiger partial charge is 0.487 e. The van der Waals surface area contributed by atoms with Crippen LogP contribution in [0.1, 0.15) is 0 Å². The molecule has 146 valence electrons. The Morgan fingerprint density at radius 2 is 1.52 bits per heavy atom. The summed E-state index contributed by atoms with van der Waals surface area (Å²) in [5, 5.41) is 20.4. The summed E-state index contributed by atoms with van der Waals surface area (Å²) in [6.45, 7) is -3.48. The number of alkyl halides is 7. The van der Waals surface area contributed by atoms with Crippen molar-refractivity contribution in [2.75, 3.05) is 18.6 Å². The van der Waals surface area contributed by atoms with Crippen LogP contribution in [0.3, 0.4) is 0 Å². The van der Waals surface area contributed by atoms with Crippen LogP contribution in [0.2, 0.25) is 0 Å². The number of ether oxygens (including phenoxy) is 2. The molecule has 6 nitrogen and oxygen atoms in total. The molecule has 0 aliphatic carbocycles. The summed E-state index contributed by atoms with van der Waals surface area (Å²) in [7, 11) is 0. The summed E-state index contributed by atoms with van der Waals surface area (Å²) in [4.78, 5) is 0. The summed E-state index contributed by atoms with van der Waals surface area (Å²) in [6, 6.07) is 5.38. The third-order valence-corrected chi connectivity index (χ3v) is 2.54. The Hall–Kier alpha value is -3.22. The fraction of sp³-hybridized carbons (Fsp3) is 0.357. The van der Waals surface area contributed by atoms with Gasteiger partial charge in [0.1, 0.15) is 23.6 Å². The standard InChI is InChI=1S/C14H9F7N4O2/c15-12(16)13(17,18)6-26-10-1-8(24-25-9(4-22)5-23)2-11(3-10)27-7-14(19,20)21/h1-3,12,24H,6-7H2. The Kier molecular flexibility index (Phi) is 7.22. The van der Waals surface area contributed by atoms with Gasteiger partial charge < -0.3 is 9.47 Å². The monoisotopic (exact) mass is 398 g/mol.